The highest BCUT2D eigenvalue weighted by atomic mass is 16.2. The van der Waals surface area contributed by atoms with Crippen LogP contribution in [-0.4, -0.2) is 64.1 Å². The highest BCUT2D eigenvalue weighted by Gasteiger charge is 2.26. The number of aromatic nitrogens is 2. The molecule has 7 heteroatoms. The van der Waals surface area contributed by atoms with Crippen LogP contribution in [0.15, 0.2) is 36.4 Å². The van der Waals surface area contributed by atoms with Gasteiger partial charge >= 0.3 is 0 Å². The minimum atomic E-state index is -0.227. The van der Waals surface area contributed by atoms with Crippen LogP contribution in [0, 0.1) is 0 Å². The fourth-order valence-corrected chi connectivity index (χ4v) is 3.46. The van der Waals surface area contributed by atoms with Crippen molar-refractivity contribution in [2.24, 2.45) is 0 Å². The van der Waals surface area contributed by atoms with E-state index in [2.05, 4.69) is 29.2 Å². The first-order valence-electron chi connectivity index (χ1n) is 10.0. The number of carbonyl (C=O) groups is 2. The predicted octanol–water partition coefficient (Wildman–Crippen LogP) is 2.00. The van der Waals surface area contributed by atoms with E-state index in [0.29, 0.717) is 37.6 Å². The smallest absolute Gasteiger partial charge is 0.272 e. The topological polar surface area (TPSA) is 70.5 Å². The molecule has 1 aromatic carbocycles. The molecule has 0 atom stereocenters. The van der Waals surface area contributed by atoms with Gasteiger partial charge in [0, 0.05) is 38.8 Å². The zero-order chi connectivity index (χ0) is 19.9. The van der Waals surface area contributed by atoms with Crippen LogP contribution in [0.4, 0.5) is 0 Å². The number of amides is 2. The van der Waals surface area contributed by atoms with Crippen LogP contribution in [0.5, 0.6) is 0 Å². The maximum absolute atomic E-state index is 13.0. The van der Waals surface area contributed by atoms with Crippen LogP contribution in [0.1, 0.15) is 46.8 Å². The number of likely N-dealkylation sites (N-methyl/N-ethyl adjacent to an activating group) is 1. The summed E-state index contributed by atoms with van der Waals surface area (Å²) in [5.74, 6) is -0.300. The van der Waals surface area contributed by atoms with Crippen LogP contribution < -0.4 is 5.32 Å². The normalized spacial score (nSPS) is 14.1. The number of benzene rings is 1. The number of nitrogens with zero attached hydrogens (tertiary/aromatic N) is 4. The van der Waals surface area contributed by atoms with Crippen molar-refractivity contribution in [1.82, 2.24) is 24.9 Å². The molecule has 1 aromatic heterocycles. The summed E-state index contributed by atoms with van der Waals surface area (Å²) < 4.78 is 1.67. The molecule has 0 bridgehead atoms. The Labute approximate surface area is 166 Å². The molecule has 0 saturated heterocycles. The quantitative estimate of drug-likeness (QED) is 0.757. The van der Waals surface area contributed by atoms with Crippen LogP contribution in [0.25, 0.3) is 0 Å². The van der Waals surface area contributed by atoms with Crippen molar-refractivity contribution in [3.63, 3.8) is 0 Å². The molecule has 28 heavy (non-hydrogen) atoms. The van der Waals surface area contributed by atoms with Crippen molar-refractivity contribution in [2.45, 2.75) is 33.4 Å². The van der Waals surface area contributed by atoms with Crippen LogP contribution in [0.2, 0.25) is 0 Å². The number of aryl methyl sites for hydroxylation is 1. The van der Waals surface area contributed by atoms with Gasteiger partial charge in [0.25, 0.3) is 11.8 Å². The lowest BCUT2D eigenvalue weighted by Gasteiger charge is -2.20. The summed E-state index contributed by atoms with van der Waals surface area (Å²) >= 11 is 0. The third kappa shape index (κ3) is 4.78. The molecule has 150 valence electrons. The van der Waals surface area contributed by atoms with Gasteiger partial charge in [-0.2, -0.15) is 5.10 Å². The Morgan fingerprint density at radius 2 is 1.93 bits per heavy atom. The van der Waals surface area contributed by atoms with Crippen molar-refractivity contribution in [2.75, 3.05) is 32.7 Å². The molecule has 0 unspecified atom stereocenters. The maximum Gasteiger partial charge on any atom is 0.272 e. The lowest BCUT2D eigenvalue weighted by Crippen LogP contribution is -2.35. The number of rotatable bonds is 8. The number of nitrogens with one attached hydrogen (secondary N) is 1. The summed E-state index contributed by atoms with van der Waals surface area (Å²) in [6.07, 6.45) is 0.816. The molecular weight excluding hydrogens is 354 g/mol. The van der Waals surface area contributed by atoms with Gasteiger partial charge in [0.1, 0.15) is 5.69 Å². The summed E-state index contributed by atoms with van der Waals surface area (Å²) in [5.41, 5.74) is 1.89. The monoisotopic (exact) mass is 383 g/mol. The molecule has 0 spiro atoms. The predicted molar refractivity (Wildman–Crippen MR) is 108 cm³/mol. The van der Waals surface area contributed by atoms with Gasteiger partial charge in [-0.05, 0) is 25.1 Å². The maximum atomic E-state index is 13.0. The Bertz CT molecular complexity index is 798. The van der Waals surface area contributed by atoms with E-state index in [-0.39, 0.29) is 11.8 Å². The molecule has 7 nitrogen and oxygen atoms in total. The Kier molecular flexibility index (Phi) is 6.81. The summed E-state index contributed by atoms with van der Waals surface area (Å²) in [6.45, 7) is 9.37. The second-order valence-electron chi connectivity index (χ2n) is 6.99. The number of hydrogen-bond donors (Lipinski definition) is 1. The standard InChI is InChI=1S/C21H29N5O2/c1-3-24(4-2)14-11-22-20(27)18-15-19-21(28)25(12-8-13-26(19)23-18)16-17-9-6-5-7-10-17/h5-7,9-10,15H,3-4,8,11-14,16H2,1-2H3,(H,22,27). The lowest BCUT2D eigenvalue weighted by atomic mass is 10.2. The van der Waals surface area contributed by atoms with Gasteiger partial charge in [-0.15, -0.1) is 0 Å². The van der Waals surface area contributed by atoms with Gasteiger partial charge in [-0.25, -0.2) is 0 Å². The molecule has 1 N–H and O–H groups in total. The molecule has 2 amide bonds. The minimum Gasteiger partial charge on any atom is -0.349 e. The fraction of sp³-hybridized carbons (Fsp3) is 0.476. The molecule has 3 rings (SSSR count). The van der Waals surface area contributed by atoms with Gasteiger partial charge in [-0.1, -0.05) is 44.2 Å². The van der Waals surface area contributed by atoms with E-state index in [1.54, 1.807) is 10.7 Å². The average Bonchev–Trinajstić information content (AvgIpc) is 3.09. The summed E-state index contributed by atoms with van der Waals surface area (Å²) in [5, 5.41) is 7.29. The lowest BCUT2D eigenvalue weighted by molar-refractivity contribution is 0.0745. The molecule has 1 aliphatic rings. The van der Waals surface area contributed by atoms with E-state index in [1.165, 1.54) is 0 Å². The van der Waals surface area contributed by atoms with Crippen molar-refractivity contribution >= 4 is 11.8 Å². The average molecular weight is 383 g/mol. The third-order valence-corrected chi connectivity index (χ3v) is 5.14. The van der Waals surface area contributed by atoms with Crippen LogP contribution >= 0.6 is 0 Å². The van der Waals surface area contributed by atoms with Crippen molar-refractivity contribution in [1.29, 1.82) is 0 Å². The molecule has 0 radical (unpaired) electrons. The first kappa shape index (κ1) is 20.1. The Morgan fingerprint density at radius 1 is 1.18 bits per heavy atom. The molecule has 2 aromatic rings. The highest BCUT2D eigenvalue weighted by molar-refractivity contribution is 5.98. The van der Waals surface area contributed by atoms with E-state index in [9.17, 15) is 9.59 Å². The summed E-state index contributed by atoms with van der Waals surface area (Å²) in [4.78, 5) is 29.5. The van der Waals surface area contributed by atoms with E-state index >= 15 is 0 Å². The molecule has 2 heterocycles. The van der Waals surface area contributed by atoms with Crippen molar-refractivity contribution in [3.05, 3.63) is 53.3 Å². The van der Waals surface area contributed by atoms with Crippen molar-refractivity contribution < 1.29 is 9.59 Å². The Balaban J connectivity index is 1.66. The minimum absolute atomic E-state index is 0.0731. The van der Waals surface area contributed by atoms with Gasteiger partial charge < -0.3 is 15.1 Å². The fourth-order valence-electron chi connectivity index (χ4n) is 3.46. The molecule has 1 aliphatic heterocycles. The Hall–Kier alpha value is -2.67. The largest absolute Gasteiger partial charge is 0.349 e. The van der Waals surface area contributed by atoms with E-state index in [1.807, 2.05) is 35.2 Å². The number of fused-ring (bicyclic) bond motifs is 1. The summed E-state index contributed by atoms with van der Waals surface area (Å²) in [7, 11) is 0. The van der Waals surface area contributed by atoms with Crippen molar-refractivity contribution in [3.8, 4) is 0 Å². The van der Waals surface area contributed by atoms with E-state index < -0.39 is 0 Å². The SMILES string of the molecule is CCN(CC)CCNC(=O)c1cc2n(n1)CCCN(Cc1ccccc1)C2=O. The van der Waals surface area contributed by atoms with Crippen LogP contribution in [0.3, 0.4) is 0 Å². The zero-order valence-electron chi connectivity index (χ0n) is 16.7. The number of carbonyl (C=O) groups excluding carboxylic acids is 2. The molecule has 0 aliphatic carbocycles. The molecule has 0 fully saturated rings. The first-order valence-corrected chi connectivity index (χ1v) is 10.0. The van der Waals surface area contributed by atoms with Crippen LogP contribution in [-0.2, 0) is 13.1 Å². The second-order valence-corrected chi connectivity index (χ2v) is 6.99. The zero-order valence-corrected chi connectivity index (χ0v) is 16.7. The van der Waals surface area contributed by atoms with Gasteiger partial charge in [-0.3, -0.25) is 14.3 Å². The van der Waals surface area contributed by atoms with Gasteiger partial charge in [0.2, 0.25) is 0 Å². The van der Waals surface area contributed by atoms with E-state index in [4.69, 9.17) is 0 Å². The Morgan fingerprint density at radius 3 is 2.64 bits per heavy atom. The van der Waals surface area contributed by atoms with Gasteiger partial charge in [0.15, 0.2) is 5.69 Å². The first-order chi connectivity index (χ1) is 13.6. The number of hydrogen-bond acceptors (Lipinski definition) is 4. The second kappa shape index (κ2) is 9.50. The van der Waals surface area contributed by atoms with Gasteiger partial charge in [0.05, 0.1) is 0 Å². The third-order valence-electron chi connectivity index (χ3n) is 5.14. The highest BCUT2D eigenvalue weighted by Crippen LogP contribution is 2.16. The summed E-state index contributed by atoms with van der Waals surface area (Å²) in [6, 6.07) is 11.6. The molecular formula is C21H29N5O2. The molecule has 0 saturated carbocycles. The van der Waals surface area contributed by atoms with E-state index in [0.717, 1.165) is 31.6 Å².